The average Bonchev–Trinajstić information content (AvgIpc) is 3.28. The quantitative estimate of drug-likeness (QED) is 0.637. The van der Waals surface area contributed by atoms with Gasteiger partial charge in [-0.2, -0.15) is 5.10 Å². The van der Waals surface area contributed by atoms with Gasteiger partial charge in [0.15, 0.2) is 6.04 Å². The minimum atomic E-state index is -0.700. The van der Waals surface area contributed by atoms with E-state index in [0.29, 0.717) is 13.2 Å². The maximum Gasteiger partial charge on any atom is 0.331 e. The smallest absolute Gasteiger partial charge is 0.331 e. The molecule has 1 aromatic heterocycles. The number of nitrogens with zero attached hydrogens (tertiary/aromatic N) is 4. The number of carbonyl (C=O) groups excluding carboxylic acids is 2. The van der Waals surface area contributed by atoms with Gasteiger partial charge in [-0.3, -0.25) is 9.80 Å². The summed E-state index contributed by atoms with van der Waals surface area (Å²) in [6.45, 7) is 10.1. The number of para-hydroxylation sites is 1. The van der Waals surface area contributed by atoms with Crippen LogP contribution in [0.4, 0.5) is 11.5 Å². The Labute approximate surface area is 206 Å². The summed E-state index contributed by atoms with van der Waals surface area (Å²) in [6.07, 6.45) is 2.12. The van der Waals surface area contributed by atoms with Crippen LogP contribution in [0.3, 0.4) is 0 Å². The fourth-order valence-corrected chi connectivity index (χ4v) is 4.04. The van der Waals surface area contributed by atoms with E-state index in [0.717, 1.165) is 30.2 Å². The van der Waals surface area contributed by atoms with Crippen molar-refractivity contribution in [2.75, 3.05) is 29.6 Å². The van der Waals surface area contributed by atoms with Gasteiger partial charge < -0.3 is 19.7 Å². The van der Waals surface area contributed by atoms with Gasteiger partial charge >= 0.3 is 5.97 Å². The number of carbonyl (C=O) groups is 2. The van der Waals surface area contributed by atoms with Crippen LogP contribution < -0.4 is 15.2 Å². The summed E-state index contributed by atoms with van der Waals surface area (Å²) in [4.78, 5) is 32.6. The van der Waals surface area contributed by atoms with E-state index in [9.17, 15) is 9.59 Å². The van der Waals surface area contributed by atoms with Crippen LogP contribution in [-0.2, 0) is 25.6 Å². The molecule has 1 aromatic carbocycles. The van der Waals surface area contributed by atoms with Crippen molar-refractivity contribution in [1.29, 1.82) is 0 Å². The minimum Gasteiger partial charge on any atom is -0.458 e. The molecule has 0 spiro atoms. The summed E-state index contributed by atoms with van der Waals surface area (Å²) in [6, 6.07) is 12.5. The third kappa shape index (κ3) is 6.36. The Hall–Kier alpha value is -3.46. The van der Waals surface area contributed by atoms with Crippen LogP contribution in [0.2, 0.25) is 0 Å². The molecule has 35 heavy (non-hydrogen) atoms. The van der Waals surface area contributed by atoms with Crippen LogP contribution in [0.25, 0.3) is 0 Å². The molecule has 1 amide bonds. The minimum absolute atomic E-state index is 0.169. The lowest BCUT2D eigenvalue weighted by molar-refractivity contribution is -0.156. The second-order valence-electron chi connectivity index (χ2n) is 9.81. The summed E-state index contributed by atoms with van der Waals surface area (Å²) >= 11 is 0. The molecule has 0 radical (unpaired) electrons. The van der Waals surface area contributed by atoms with Crippen molar-refractivity contribution in [3.8, 4) is 0 Å². The molecule has 4 rings (SSSR count). The number of anilines is 2. The zero-order valence-electron chi connectivity index (χ0n) is 20.7. The number of esters is 1. The van der Waals surface area contributed by atoms with Crippen LogP contribution in [0, 0.1) is 0 Å². The third-order valence-electron chi connectivity index (χ3n) is 5.70. The second kappa shape index (κ2) is 10.4. The van der Waals surface area contributed by atoms with E-state index in [1.807, 2.05) is 70.2 Å². The van der Waals surface area contributed by atoms with Gasteiger partial charge in [0.1, 0.15) is 17.1 Å². The first-order chi connectivity index (χ1) is 16.7. The molecule has 3 heterocycles. The Morgan fingerprint density at radius 2 is 1.94 bits per heavy atom. The van der Waals surface area contributed by atoms with Gasteiger partial charge in [0, 0.05) is 32.3 Å². The fourth-order valence-electron chi connectivity index (χ4n) is 4.04. The highest BCUT2D eigenvalue weighted by Crippen LogP contribution is 2.26. The number of benzene rings is 1. The molecule has 1 fully saturated rings. The van der Waals surface area contributed by atoms with Gasteiger partial charge in [0.05, 0.1) is 18.4 Å². The molecule has 0 unspecified atom stereocenters. The van der Waals surface area contributed by atoms with Crippen LogP contribution in [-0.4, -0.2) is 60.0 Å². The lowest BCUT2D eigenvalue weighted by atomic mass is 10.1. The van der Waals surface area contributed by atoms with Crippen molar-refractivity contribution in [2.24, 2.45) is 5.10 Å². The Morgan fingerprint density at radius 1 is 1.17 bits per heavy atom. The molecule has 2 aliphatic rings. The fraction of sp³-hybridized carbons (Fsp3) is 0.462. The largest absolute Gasteiger partial charge is 0.458 e. The predicted octanol–water partition coefficient (Wildman–Crippen LogP) is 2.90. The van der Waals surface area contributed by atoms with Crippen LogP contribution in [0.1, 0.15) is 39.7 Å². The van der Waals surface area contributed by atoms with Gasteiger partial charge in [-0.25, -0.2) is 9.78 Å². The van der Waals surface area contributed by atoms with E-state index in [-0.39, 0.29) is 24.1 Å². The summed E-state index contributed by atoms with van der Waals surface area (Å²) in [5.41, 5.74) is 1.26. The highest BCUT2D eigenvalue weighted by Gasteiger charge is 2.38. The van der Waals surface area contributed by atoms with Gasteiger partial charge in [0.2, 0.25) is 0 Å². The summed E-state index contributed by atoms with van der Waals surface area (Å²) < 4.78 is 11.2. The maximum absolute atomic E-state index is 12.9. The highest BCUT2D eigenvalue weighted by molar-refractivity contribution is 6.40. The first-order valence-corrected chi connectivity index (χ1v) is 11.9. The molecule has 9 heteroatoms. The Balaban J connectivity index is 1.40. The van der Waals surface area contributed by atoms with Crippen molar-refractivity contribution >= 4 is 29.1 Å². The van der Waals surface area contributed by atoms with E-state index in [2.05, 4.69) is 20.3 Å². The van der Waals surface area contributed by atoms with Crippen molar-refractivity contribution in [1.82, 2.24) is 10.3 Å². The van der Waals surface area contributed by atoms with Gasteiger partial charge in [0.25, 0.3) is 5.91 Å². The van der Waals surface area contributed by atoms with E-state index in [1.165, 1.54) is 0 Å². The van der Waals surface area contributed by atoms with Crippen molar-refractivity contribution in [3.05, 3.63) is 54.2 Å². The summed E-state index contributed by atoms with van der Waals surface area (Å²) in [5.74, 6) is 0.169. The first kappa shape index (κ1) is 24.7. The number of aromatic nitrogens is 1. The number of hydrazone groups is 1. The molecule has 0 saturated carbocycles. The highest BCUT2D eigenvalue weighted by atomic mass is 16.6. The topological polar surface area (TPSA) is 96.4 Å². The number of hydrogen-bond acceptors (Lipinski definition) is 8. The first-order valence-electron chi connectivity index (χ1n) is 11.9. The third-order valence-corrected chi connectivity index (χ3v) is 5.70. The van der Waals surface area contributed by atoms with Crippen molar-refractivity contribution < 1.29 is 19.1 Å². The molecule has 0 bridgehead atoms. The molecular formula is C26H33N5O4. The lowest BCUT2D eigenvalue weighted by Gasteiger charge is -2.32. The van der Waals surface area contributed by atoms with Gasteiger partial charge in [-0.1, -0.05) is 24.3 Å². The number of hydrogen-bond donors (Lipinski definition) is 1. The Morgan fingerprint density at radius 3 is 2.60 bits per heavy atom. The molecule has 1 N–H and O–H groups in total. The number of amides is 1. The summed E-state index contributed by atoms with van der Waals surface area (Å²) in [7, 11) is 0. The summed E-state index contributed by atoms with van der Waals surface area (Å²) in [5, 5.41) is 8.97. The van der Waals surface area contributed by atoms with E-state index >= 15 is 0 Å². The van der Waals surface area contributed by atoms with Crippen LogP contribution >= 0.6 is 0 Å². The number of rotatable bonds is 6. The maximum atomic E-state index is 12.9. The van der Waals surface area contributed by atoms with Gasteiger partial charge in [-0.05, 0) is 51.5 Å². The average molecular weight is 480 g/mol. The zero-order valence-corrected chi connectivity index (χ0v) is 20.7. The Bertz CT molecular complexity index is 1070. The lowest BCUT2D eigenvalue weighted by Crippen LogP contribution is -2.41. The van der Waals surface area contributed by atoms with Crippen molar-refractivity contribution in [2.45, 2.75) is 58.4 Å². The zero-order chi connectivity index (χ0) is 25.0. The van der Waals surface area contributed by atoms with E-state index < -0.39 is 17.6 Å². The molecular weight excluding hydrogens is 446 g/mol. The number of ether oxygens (including phenoxy) is 2. The number of pyridine rings is 1. The molecule has 0 aliphatic carbocycles. The number of nitrogens with one attached hydrogen (secondary N) is 1. The molecule has 2 atom stereocenters. The van der Waals surface area contributed by atoms with Crippen molar-refractivity contribution in [3.63, 3.8) is 0 Å². The molecule has 186 valence electrons. The Kier molecular flexibility index (Phi) is 7.35. The molecule has 2 aliphatic heterocycles. The standard InChI is InChI=1S/C26H33N5O4/c1-18-17-30(12-13-34-18)23-11-10-19(15-27-23)16-28-24(32)21-14-22(25(33)35-26(2,3)4)31(29-21)20-8-6-5-7-9-20/h5-11,15,18,22H,12-14,16-17H2,1-4H3,(H,28,32)/t18-,22+/m1/s1. The molecule has 9 nitrogen and oxygen atoms in total. The normalized spacial score (nSPS) is 20.4. The van der Waals surface area contributed by atoms with Gasteiger partial charge in [-0.15, -0.1) is 0 Å². The second-order valence-corrected chi connectivity index (χ2v) is 9.81. The van der Waals surface area contributed by atoms with Crippen LogP contribution in [0.15, 0.2) is 53.8 Å². The predicted molar refractivity (Wildman–Crippen MR) is 134 cm³/mol. The SMILES string of the molecule is C[C@@H]1CN(c2ccc(CNC(=O)C3=NN(c4ccccc4)[C@H](C(=O)OC(C)(C)C)C3)cn2)CCO1. The monoisotopic (exact) mass is 479 g/mol. The van der Waals surface area contributed by atoms with E-state index in [4.69, 9.17) is 9.47 Å². The number of morpholine rings is 1. The van der Waals surface area contributed by atoms with E-state index in [1.54, 1.807) is 11.2 Å². The van der Waals surface area contributed by atoms with Crippen LogP contribution in [0.5, 0.6) is 0 Å². The molecule has 1 saturated heterocycles. The molecule has 2 aromatic rings.